The lowest BCUT2D eigenvalue weighted by Crippen LogP contribution is -2.31. The molecule has 0 aliphatic heterocycles. The summed E-state index contributed by atoms with van der Waals surface area (Å²) in [5, 5.41) is 12.7. The maximum absolute atomic E-state index is 11.7. The topological polar surface area (TPSA) is 85.8 Å². The van der Waals surface area contributed by atoms with Crippen LogP contribution in [0.15, 0.2) is 22.7 Å². The summed E-state index contributed by atoms with van der Waals surface area (Å²) < 4.78 is 1.39. The van der Waals surface area contributed by atoms with Crippen LogP contribution in [0.3, 0.4) is 0 Å². The number of carbonyl (C=O) groups excluding carboxylic acids is 1. The zero-order valence-electron chi connectivity index (χ0n) is 10.7. The fourth-order valence-electron chi connectivity index (χ4n) is 1.42. The molecular weight excluding hydrogens is 294 g/mol. The number of hydrogen-bond donors (Lipinski definition) is 2. The molecule has 0 aliphatic rings. The van der Waals surface area contributed by atoms with Gasteiger partial charge in [-0.1, -0.05) is 23.7 Å². The van der Waals surface area contributed by atoms with E-state index in [0.717, 1.165) is 4.88 Å². The van der Waals surface area contributed by atoms with Gasteiger partial charge in [0, 0.05) is 0 Å². The van der Waals surface area contributed by atoms with Crippen molar-refractivity contribution in [3.8, 4) is 23.0 Å². The van der Waals surface area contributed by atoms with E-state index >= 15 is 0 Å². The Morgan fingerprint density at radius 2 is 2.50 bits per heavy atom. The minimum Gasteiger partial charge on any atom is -0.344 e. The van der Waals surface area contributed by atoms with Crippen LogP contribution in [0.25, 0.3) is 10.7 Å². The largest absolute Gasteiger partial charge is 0.344 e. The zero-order valence-corrected chi connectivity index (χ0v) is 12.4. The quantitative estimate of drug-likeness (QED) is 0.488. The van der Waals surface area contributed by atoms with Gasteiger partial charge in [-0.25, -0.2) is 4.68 Å². The lowest BCUT2D eigenvalue weighted by molar-refractivity contribution is -0.120. The predicted molar refractivity (Wildman–Crippen MR) is 80.6 cm³/mol. The Kier molecular flexibility index (Phi) is 4.65. The fourth-order valence-corrected chi connectivity index (χ4v) is 2.92. The molecule has 104 valence electrons. The standard InChI is InChI=1S/C12H13N5OS2/c1-3-6-14-11(18)8(2)20-12-16-15-10(17(12)13)9-5-4-7-19-9/h1,4-5,7-8H,6,13H2,2H3,(H,14,18). The fraction of sp³-hybridized carbons (Fsp3) is 0.250. The maximum atomic E-state index is 11.7. The third-order valence-electron chi connectivity index (χ3n) is 2.42. The molecule has 0 aliphatic carbocycles. The Bertz CT molecular complexity index is 629. The van der Waals surface area contributed by atoms with Gasteiger partial charge in [-0.3, -0.25) is 4.79 Å². The molecule has 2 heterocycles. The number of thiophene rings is 1. The first kappa shape index (κ1) is 14.4. The number of hydrogen-bond acceptors (Lipinski definition) is 6. The second-order valence-electron chi connectivity index (χ2n) is 3.84. The summed E-state index contributed by atoms with van der Waals surface area (Å²) in [6, 6.07) is 3.83. The SMILES string of the molecule is C#CCNC(=O)C(C)Sc1nnc(-c2cccs2)n1N. The van der Waals surface area contributed by atoms with Crippen molar-refractivity contribution >= 4 is 29.0 Å². The number of nitrogens with two attached hydrogens (primary N) is 1. The molecule has 20 heavy (non-hydrogen) atoms. The van der Waals surface area contributed by atoms with Gasteiger partial charge in [0.15, 0.2) is 5.82 Å². The van der Waals surface area contributed by atoms with Crippen LogP contribution in [-0.4, -0.2) is 32.6 Å². The third-order valence-corrected chi connectivity index (χ3v) is 4.34. The average Bonchev–Trinajstić information content (AvgIpc) is 3.07. The highest BCUT2D eigenvalue weighted by Gasteiger charge is 2.19. The first-order chi connectivity index (χ1) is 9.63. The first-order valence-corrected chi connectivity index (χ1v) is 7.51. The Morgan fingerprint density at radius 3 is 3.15 bits per heavy atom. The second kappa shape index (κ2) is 6.45. The van der Waals surface area contributed by atoms with Gasteiger partial charge in [-0.05, 0) is 18.4 Å². The van der Waals surface area contributed by atoms with Crippen molar-refractivity contribution in [3.05, 3.63) is 17.5 Å². The van der Waals surface area contributed by atoms with Crippen molar-refractivity contribution in [2.45, 2.75) is 17.3 Å². The van der Waals surface area contributed by atoms with Gasteiger partial charge < -0.3 is 11.2 Å². The van der Waals surface area contributed by atoms with E-state index < -0.39 is 0 Å². The van der Waals surface area contributed by atoms with Crippen LogP contribution >= 0.6 is 23.1 Å². The Hall–Kier alpha value is -1.98. The number of nitrogens with one attached hydrogen (secondary N) is 1. The lowest BCUT2D eigenvalue weighted by atomic mass is 10.4. The predicted octanol–water partition coefficient (Wildman–Crippen LogP) is 0.950. The summed E-state index contributed by atoms with van der Waals surface area (Å²) in [7, 11) is 0. The molecule has 0 radical (unpaired) electrons. The van der Waals surface area contributed by atoms with E-state index in [1.807, 2.05) is 17.5 Å². The number of rotatable bonds is 5. The number of nitrogen functional groups attached to an aromatic ring is 1. The number of nitrogens with zero attached hydrogens (tertiary/aromatic N) is 3. The van der Waals surface area contributed by atoms with Gasteiger partial charge in [0.2, 0.25) is 11.1 Å². The Balaban J connectivity index is 2.08. The summed E-state index contributed by atoms with van der Waals surface area (Å²) >= 11 is 2.76. The van der Waals surface area contributed by atoms with Crippen LogP contribution in [0, 0.1) is 12.3 Å². The molecule has 0 spiro atoms. The normalized spacial score (nSPS) is 11.8. The highest BCUT2D eigenvalue weighted by Crippen LogP contribution is 2.27. The summed E-state index contributed by atoms with van der Waals surface area (Å²) in [6.07, 6.45) is 5.09. The highest BCUT2D eigenvalue weighted by atomic mass is 32.2. The van der Waals surface area contributed by atoms with Crippen LogP contribution in [0.4, 0.5) is 0 Å². The van der Waals surface area contributed by atoms with Crippen molar-refractivity contribution in [3.63, 3.8) is 0 Å². The van der Waals surface area contributed by atoms with Gasteiger partial charge >= 0.3 is 0 Å². The van der Waals surface area contributed by atoms with E-state index in [-0.39, 0.29) is 17.7 Å². The van der Waals surface area contributed by atoms with E-state index in [1.165, 1.54) is 27.8 Å². The molecule has 2 aromatic rings. The average molecular weight is 307 g/mol. The number of aromatic nitrogens is 3. The zero-order chi connectivity index (χ0) is 14.5. The molecule has 0 bridgehead atoms. The van der Waals surface area contributed by atoms with E-state index in [4.69, 9.17) is 12.3 Å². The lowest BCUT2D eigenvalue weighted by Gasteiger charge is -2.09. The minimum absolute atomic E-state index is 0.159. The van der Waals surface area contributed by atoms with E-state index in [1.54, 1.807) is 6.92 Å². The number of terminal acetylenes is 1. The van der Waals surface area contributed by atoms with E-state index in [2.05, 4.69) is 21.4 Å². The molecule has 0 aromatic carbocycles. The molecule has 1 atom stereocenters. The Morgan fingerprint density at radius 1 is 1.70 bits per heavy atom. The molecule has 8 heteroatoms. The van der Waals surface area contributed by atoms with Gasteiger partial charge in [-0.15, -0.1) is 28.0 Å². The molecule has 0 fully saturated rings. The molecule has 1 amide bonds. The molecule has 2 aromatic heterocycles. The smallest absolute Gasteiger partial charge is 0.234 e. The van der Waals surface area contributed by atoms with Crippen molar-refractivity contribution in [1.82, 2.24) is 20.2 Å². The molecule has 3 N–H and O–H groups in total. The van der Waals surface area contributed by atoms with E-state index in [9.17, 15) is 4.79 Å². The monoisotopic (exact) mass is 307 g/mol. The van der Waals surface area contributed by atoms with Crippen LogP contribution in [0.5, 0.6) is 0 Å². The van der Waals surface area contributed by atoms with Crippen LogP contribution in [-0.2, 0) is 4.79 Å². The molecule has 6 nitrogen and oxygen atoms in total. The Labute approximate surface area is 124 Å². The van der Waals surface area contributed by atoms with Crippen molar-refractivity contribution in [1.29, 1.82) is 0 Å². The summed E-state index contributed by atoms with van der Waals surface area (Å²) in [4.78, 5) is 12.7. The van der Waals surface area contributed by atoms with Gasteiger partial charge in [0.05, 0.1) is 16.7 Å². The van der Waals surface area contributed by atoms with Crippen molar-refractivity contribution in [2.75, 3.05) is 12.4 Å². The maximum Gasteiger partial charge on any atom is 0.234 e. The number of amides is 1. The van der Waals surface area contributed by atoms with Gasteiger partial charge in [0.25, 0.3) is 0 Å². The third kappa shape index (κ3) is 3.12. The molecule has 0 saturated carbocycles. The number of carbonyl (C=O) groups is 1. The summed E-state index contributed by atoms with van der Waals surface area (Å²) in [5.41, 5.74) is 0. The second-order valence-corrected chi connectivity index (χ2v) is 6.09. The molecular formula is C12H13N5OS2. The van der Waals surface area contributed by atoms with Crippen molar-refractivity contribution < 1.29 is 4.79 Å². The summed E-state index contributed by atoms with van der Waals surface area (Å²) in [6.45, 7) is 1.97. The highest BCUT2D eigenvalue weighted by molar-refractivity contribution is 8.00. The van der Waals surface area contributed by atoms with Crippen LogP contribution in [0.1, 0.15) is 6.92 Å². The van der Waals surface area contributed by atoms with Crippen molar-refractivity contribution in [2.24, 2.45) is 0 Å². The van der Waals surface area contributed by atoms with Crippen LogP contribution in [0.2, 0.25) is 0 Å². The van der Waals surface area contributed by atoms with E-state index in [0.29, 0.717) is 11.0 Å². The molecule has 2 rings (SSSR count). The van der Waals surface area contributed by atoms with Gasteiger partial charge in [-0.2, -0.15) is 0 Å². The molecule has 0 saturated heterocycles. The molecule has 1 unspecified atom stereocenters. The number of thioether (sulfide) groups is 1. The summed E-state index contributed by atoms with van der Waals surface area (Å²) in [5.74, 6) is 8.73. The van der Waals surface area contributed by atoms with Gasteiger partial charge in [0.1, 0.15) is 0 Å². The first-order valence-electron chi connectivity index (χ1n) is 5.75. The minimum atomic E-state index is -0.356. The van der Waals surface area contributed by atoms with Crippen LogP contribution < -0.4 is 11.2 Å².